The third-order valence-electron chi connectivity index (χ3n) is 3.07. The minimum atomic E-state index is -1.25. The summed E-state index contributed by atoms with van der Waals surface area (Å²) in [6, 6.07) is 0. The van der Waals surface area contributed by atoms with Crippen molar-refractivity contribution in [3.63, 3.8) is 0 Å². The predicted octanol–water partition coefficient (Wildman–Crippen LogP) is 1.85. The fourth-order valence-corrected chi connectivity index (χ4v) is 3.87. The maximum absolute atomic E-state index is 10.0. The Bertz CT molecular complexity index is 416. The number of ether oxygens (including phenoxy) is 3. The minimum Gasteiger partial charge on any atom is -0.366 e. The summed E-state index contributed by atoms with van der Waals surface area (Å²) in [6.07, 6.45) is 2.12. The summed E-state index contributed by atoms with van der Waals surface area (Å²) in [5, 5.41) is 19.6. The van der Waals surface area contributed by atoms with Crippen molar-refractivity contribution in [2.24, 2.45) is 5.92 Å². The lowest BCUT2D eigenvalue weighted by atomic mass is 10.2. The van der Waals surface area contributed by atoms with Crippen LogP contribution < -0.4 is 0 Å². The van der Waals surface area contributed by atoms with Crippen LogP contribution in [0.4, 0.5) is 0 Å². The lowest BCUT2D eigenvalue weighted by molar-refractivity contribution is -0.828. The highest BCUT2D eigenvalue weighted by Gasteiger charge is 2.47. The molecule has 4 atom stereocenters. The Morgan fingerprint density at radius 3 is 2.29 bits per heavy atom. The number of hydroxylamine groups is 1. The zero-order valence-corrected chi connectivity index (χ0v) is 16.8. The van der Waals surface area contributed by atoms with Crippen molar-refractivity contribution in [1.82, 2.24) is 0 Å². The molecule has 0 amide bonds. The molecular weight excluding hydrogens is 333 g/mol. The third kappa shape index (κ3) is 8.19. The van der Waals surface area contributed by atoms with Crippen molar-refractivity contribution in [3.8, 4) is 0 Å². The van der Waals surface area contributed by atoms with Crippen LogP contribution in [0.5, 0.6) is 0 Å². The first kappa shape index (κ1) is 21.7. The average molecular weight is 366 g/mol. The molecule has 1 fully saturated rings. The van der Waals surface area contributed by atoms with Gasteiger partial charge in [-0.1, -0.05) is 13.8 Å². The van der Waals surface area contributed by atoms with Gasteiger partial charge < -0.3 is 24.4 Å². The second kappa shape index (κ2) is 8.88. The standard InChI is InChI=1S/C16H33NO6P/c1-11(2)10-17(20-7)13-14(23-16(5,6)19)24-12(22-13)8-9-21-15(3,4)18/h10-14,18-19,24H,8-9H2,1-7H3/q+1/b17-10+/t12-,13?,14+/m1/s1. The molecule has 2 unspecified atom stereocenters. The first-order valence-electron chi connectivity index (χ1n) is 8.27. The van der Waals surface area contributed by atoms with E-state index >= 15 is 0 Å². The minimum absolute atomic E-state index is 0.0806. The van der Waals surface area contributed by atoms with Crippen LogP contribution in [0, 0.1) is 5.92 Å². The molecule has 7 nitrogen and oxygen atoms in total. The summed E-state index contributed by atoms with van der Waals surface area (Å²) in [5.41, 5.74) is 0. The van der Waals surface area contributed by atoms with Gasteiger partial charge in [0.2, 0.25) is 0 Å². The summed E-state index contributed by atoms with van der Waals surface area (Å²) in [5.74, 6) is -2.53. The van der Waals surface area contributed by atoms with Crippen molar-refractivity contribution in [2.45, 2.75) is 77.5 Å². The van der Waals surface area contributed by atoms with Crippen molar-refractivity contribution in [1.29, 1.82) is 0 Å². The van der Waals surface area contributed by atoms with Crippen molar-refractivity contribution >= 4 is 14.8 Å². The van der Waals surface area contributed by atoms with Crippen LogP contribution >= 0.6 is 8.58 Å². The molecule has 24 heavy (non-hydrogen) atoms. The Labute approximate surface area is 146 Å². The maximum Gasteiger partial charge on any atom is 0.335 e. The lowest BCUT2D eigenvalue weighted by Crippen LogP contribution is -2.40. The molecule has 0 aromatic rings. The number of hydrogen-bond donors (Lipinski definition) is 2. The Morgan fingerprint density at radius 1 is 1.21 bits per heavy atom. The van der Waals surface area contributed by atoms with Crippen LogP contribution in [0.3, 0.4) is 0 Å². The van der Waals surface area contributed by atoms with Crippen molar-refractivity contribution in [2.75, 3.05) is 13.7 Å². The summed E-state index contributed by atoms with van der Waals surface area (Å²) < 4.78 is 18.8. The van der Waals surface area contributed by atoms with Gasteiger partial charge >= 0.3 is 6.23 Å². The zero-order valence-electron chi connectivity index (χ0n) is 15.8. The third-order valence-corrected chi connectivity index (χ3v) is 4.60. The highest BCUT2D eigenvalue weighted by molar-refractivity contribution is 7.39. The van der Waals surface area contributed by atoms with Gasteiger partial charge in [-0.05, 0) is 36.3 Å². The molecule has 142 valence electrons. The molecule has 1 aliphatic rings. The van der Waals surface area contributed by atoms with Gasteiger partial charge in [-0.15, -0.1) is 0 Å². The molecular formula is C16H33NO6P+. The van der Waals surface area contributed by atoms with E-state index in [1.807, 2.05) is 20.1 Å². The van der Waals surface area contributed by atoms with Gasteiger partial charge in [0.05, 0.1) is 12.5 Å². The van der Waals surface area contributed by atoms with E-state index in [4.69, 9.17) is 19.0 Å². The van der Waals surface area contributed by atoms with E-state index in [1.54, 1.807) is 39.5 Å². The van der Waals surface area contributed by atoms with Crippen LogP contribution in [0.15, 0.2) is 0 Å². The van der Waals surface area contributed by atoms with E-state index in [0.717, 1.165) is 0 Å². The fourth-order valence-electron chi connectivity index (χ4n) is 2.25. The normalized spacial score (nSPS) is 27.2. The van der Waals surface area contributed by atoms with E-state index < -0.39 is 17.8 Å². The van der Waals surface area contributed by atoms with Gasteiger partial charge in [0.25, 0.3) is 0 Å². The monoisotopic (exact) mass is 366 g/mol. The molecule has 0 aromatic carbocycles. The van der Waals surface area contributed by atoms with Crippen LogP contribution in [0.2, 0.25) is 0 Å². The first-order valence-corrected chi connectivity index (χ1v) is 9.42. The van der Waals surface area contributed by atoms with Crippen molar-refractivity contribution in [3.05, 3.63) is 0 Å². The average Bonchev–Trinajstić information content (AvgIpc) is 2.74. The van der Waals surface area contributed by atoms with Crippen molar-refractivity contribution < 1.29 is 34.0 Å². The molecule has 1 heterocycles. The van der Waals surface area contributed by atoms with Crippen LogP contribution in [-0.2, 0) is 19.0 Å². The molecule has 0 radical (unpaired) electrons. The highest BCUT2D eigenvalue weighted by atomic mass is 31.1. The Balaban J connectivity index is 2.78. The van der Waals surface area contributed by atoms with E-state index in [-0.39, 0.29) is 17.6 Å². The second-order valence-corrected chi connectivity index (χ2v) is 8.73. The summed E-state index contributed by atoms with van der Waals surface area (Å²) in [6.45, 7) is 10.9. The van der Waals surface area contributed by atoms with Gasteiger partial charge in [0.15, 0.2) is 23.6 Å². The number of aliphatic hydroxyl groups is 2. The summed E-state index contributed by atoms with van der Waals surface area (Å²) in [4.78, 5) is 5.42. The molecule has 0 saturated carbocycles. The smallest absolute Gasteiger partial charge is 0.335 e. The Kier molecular flexibility index (Phi) is 8.04. The number of hydrogen-bond acceptors (Lipinski definition) is 6. The molecule has 1 rings (SSSR count). The molecule has 0 spiro atoms. The topological polar surface area (TPSA) is 80.4 Å². The molecule has 0 aliphatic carbocycles. The predicted molar refractivity (Wildman–Crippen MR) is 93.2 cm³/mol. The highest BCUT2D eigenvalue weighted by Crippen LogP contribution is 2.43. The fraction of sp³-hybridized carbons (Fsp3) is 0.938. The maximum atomic E-state index is 10.0. The zero-order chi connectivity index (χ0) is 18.5. The van der Waals surface area contributed by atoms with Gasteiger partial charge in [-0.2, -0.15) is 0 Å². The van der Waals surface area contributed by atoms with Gasteiger partial charge in [0, 0.05) is 17.1 Å². The number of nitrogens with zero attached hydrogens (tertiary/aromatic N) is 1. The molecule has 2 N–H and O–H groups in total. The van der Waals surface area contributed by atoms with Crippen LogP contribution in [0.25, 0.3) is 0 Å². The summed E-state index contributed by atoms with van der Waals surface area (Å²) >= 11 is 0. The van der Waals surface area contributed by atoms with Gasteiger partial charge in [0.1, 0.15) is 7.11 Å². The molecule has 1 aliphatic heterocycles. The van der Waals surface area contributed by atoms with E-state index in [0.29, 0.717) is 21.6 Å². The largest absolute Gasteiger partial charge is 0.366 e. The molecule has 1 saturated heterocycles. The molecule has 8 heteroatoms. The first-order chi connectivity index (χ1) is 10.9. The van der Waals surface area contributed by atoms with E-state index in [9.17, 15) is 10.2 Å². The molecule has 0 bridgehead atoms. The van der Waals surface area contributed by atoms with Crippen LogP contribution in [0.1, 0.15) is 48.0 Å². The lowest BCUT2D eigenvalue weighted by Gasteiger charge is -2.23. The van der Waals surface area contributed by atoms with Crippen LogP contribution in [-0.4, -0.2) is 64.4 Å². The SMILES string of the molecule is CO/[N+](=C/C(C)C)C1O[C@@H](CCOC(C)(C)O)P[C@@H]1OC(C)(C)O. The van der Waals surface area contributed by atoms with Gasteiger partial charge in [-0.25, -0.2) is 0 Å². The second-order valence-electron chi connectivity index (χ2n) is 7.19. The number of rotatable bonds is 9. The summed E-state index contributed by atoms with van der Waals surface area (Å²) in [7, 11) is 1.90. The van der Waals surface area contributed by atoms with E-state index in [2.05, 4.69) is 0 Å². The Hall–Kier alpha value is -0.300. The Morgan fingerprint density at radius 2 is 1.83 bits per heavy atom. The van der Waals surface area contributed by atoms with Gasteiger partial charge in [-0.3, -0.25) is 4.84 Å². The quantitative estimate of drug-likeness (QED) is 0.213. The molecule has 0 aromatic heterocycles. The van der Waals surface area contributed by atoms with E-state index in [1.165, 1.54) is 0 Å².